The van der Waals surface area contributed by atoms with Crippen molar-refractivity contribution in [1.82, 2.24) is 0 Å². The Morgan fingerprint density at radius 1 is 0.300 bits per heavy atom. The molecule has 0 N–H and O–H groups in total. The third-order valence-electron chi connectivity index (χ3n) is 0. The fourth-order valence-corrected chi connectivity index (χ4v) is 0. The Kier molecular flexibility index (Phi) is 2070. The van der Waals surface area contributed by atoms with E-state index in [-0.39, 0.29) is 141 Å². The Bertz CT molecular complexity index is 9.22. The second-order valence-corrected chi connectivity index (χ2v) is 0. The van der Waals surface area contributed by atoms with E-state index in [2.05, 4.69) is 0 Å². The summed E-state index contributed by atoms with van der Waals surface area (Å²) in [7, 11) is 0. The van der Waals surface area contributed by atoms with Gasteiger partial charge >= 0.3 is 41.9 Å². The molecule has 0 saturated carbocycles. The van der Waals surface area contributed by atoms with Crippen molar-refractivity contribution < 1.29 is 141 Å². The van der Waals surface area contributed by atoms with Gasteiger partial charge < -0.3 is 99.3 Å². The van der Waals surface area contributed by atoms with Gasteiger partial charge in [0.2, 0.25) is 0 Å². The minimum absolute atomic E-state index is 0. The summed E-state index contributed by atoms with van der Waals surface area (Å²) in [5, 5.41) is 0. The maximum Gasteiger partial charge on any atom is 2.00 e. The topological polar surface area (TPSA) is 0 Å². The Morgan fingerprint density at radius 3 is 0.300 bits per heavy atom. The second-order valence-electron chi connectivity index (χ2n) is 0. The van der Waals surface area contributed by atoms with Crippen molar-refractivity contribution in [1.29, 1.82) is 0 Å². The summed E-state index contributed by atoms with van der Waals surface area (Å²) < 4.78 is 0. The first-order valence-electron chi connectivity index (χ1n) is 0. The van der Waals surface area contributed by atoms with Gasteiger partial charge in [0.05, 0.1) is 0 Å². The molecule has 0 heterocycles. The average Bonchev–Trinajstić information content (AvgIpc) is 0. The molecule has 0 aromatic carbocycles. The summed E-state index contributed by atoms with van der Waals surface area (Å²) >= 11 is 0. The van der Waals surface area contributed by atoms with E-state index in [1.807, 2.05) is 0 Å². The minimum Gasteiger partial charge on any atom is -1.00 e. The van der Waals surface area contributed by atoms with Crippen LogP contribution < -0.4 is 99.3 Å². The van der Waals surface area contributed by atoms with E-state index in [0.29, 0.717) is 0 Å². The van der Waals surface area contributed by atoms with Gasteiger partial charge in [0, 0.05) is 0 Å². The van der Waals surface area contributed by atoms with Crippen LogP contribution in [-0.4, -0.2) is 0 Å². The molecule has 0 bridgehead atoms. The van der Waals surface area contributed by atoms with Crippen LogP contribution in [0.15, 0.2) is 0 Å². The molecule has 0 rings (SSSR count). The normalized spacial score (nSPS) is 0. The predicted octanol–water partition coefficient (Wildman–Crippen LogP) is -24.0. The van der Waals surface area contributed by atoms with Crippen LogP contribution >= 0.6 is 0 Å². The van der Waals surface area contributed by atoms with Gasteiger partial charge in [-0.2, -0.15) is 0 Å². The van der Waals surface area contributed by atoms with Crippen LogP contribution in [0, 0.1) is 0 Å². The molecular weight excluding hydrogens is 478 g/mol. The maximum atomic E-state index is 0. The zero-order valence-electron chi connectivity index (χ0n) is 3.82. The van der Waals surface area contributed by atoms with Gasteiger partial charge in [-0.3, -0.25) is 0 Å². The summed E-state index contributed by atoms with van der Waals surface area (Å²) in [4.78, 5) is 0. The van der Waals surface area contributed by atoms with Gasteiger partial charge in [-0.15, -0.1) is 0 Å². The molecule has 0 nitrogen and oxygen atoms in total. The largest absolute Gasteiger partial charge is 2.00 e. The molecule has 0 aliphatic rings. The summed E-state index contributed by atoms with van der Waals surface area (Å²) in [5.74, 6) is 0. The van der Waals surface area contributed by atoms with Crippen LogP contribution in [0.5, 0.6) is 0 Å². The van der Waals surface area contributed by atoms with Crippen molar-refractivity contribution in [3.05, 3.63) is 0 Å². The Balaban J connectivity index is 0. The predicted molar refractivity (Wildman–Crippen MR) is 0 cm³/mol. The summed E-state index contributed by atoms with van der Waals surface area (Å²) in [5.41, 5.74) is 0. The van der Waals surface area contributed by atoms with Crippen LogP contribution in [0.4, 0.5) is 0 Å². The number of hydrogen-bond donors (Lipinski definition) is 0. The smallest absolute Gasteiger partial charge is 1.00 e. The molecule has 0 aliphatic heterocycles. The summed E-state index contributed by atoms with van der Waals surface area (Å²) in [6.45, 7) is 0. The zero-order valence-corrected chi connectivity index (χ0v) is 13.8. The fraction of sp³-hybridized carbons (Fsp3) is 0. The van der Waals surface area contributed by atoms with E-state index >= 15 is 0 Å². The van der Waals surface area contributed by atoms with E-state index in [9.17, 15) is 0 Å². The molecule has 10 heavy (non-hydrogen) atoms. The van der Waals surface area contributed by atoms with Gasteiger partial charge in [0.1, 0.15) is 0 Å². The molecule has 10 heteroatoms. The van der Waals surface area contributed by atoms with Crippen LogP contribution in [0.25, 0.3) is 0 Å². The van der Waals surface area contributed by atoms with Crippen LogP contribution in [-0.2, 0) is 41.9 Å². The van der Waals surface area contributed by atoms with Crippen molar-refractivity contribution in [2.75, 3.05) is 0 Å². The fourth-order valence-electron chi connectivity index (χ4n) is 0. The first-order chi connectivity index (χ1) is 0. The summed E-state index contributed by atoms with van der Waals surface area (Å²) in [6.07, 6.45) is 0. The van der Waals surface area contributed by atoms with Crippen LogP contribution in [0.1, 0.15) is 0 Å². The second kappa shape index (κ2) is 128. The van der Waals surface area contributed by atoms with E-state index in [0.717, 1.165) is 0 Å². The van der Waals surface area contributed by atoms with E-state index in [1.54, 1.807) is 0 Å². The van der Waals surface area contributed by atoms with E-state index in [1.165, 1.54) is 0 Å². The number of rotatable bonds is 0. The average molecular weight is 478 g/mol. The number of halogens is 8. The molecule has 73 valence electrons. The molecular formula is Cl8NbRu-4. The molecule has 0 aromatic rings. The van der Waals surface area contributed by atoms with Gasteiger partial charge in [-0.1, -0.05) is 0 Å². The van der Waals surface area contributed by atoms with Gasteiger partial charge in [-0.05, 0) is 0 Å². The number of hydrogen-bond acceptors (Lipinski definition) is 0. The quantitative estimate of drug-likeness (QED) is 0.304. The third kappa shape index (κ3) is 98.3. The molecule has 0 fully saturated rings. The first kappa shape index (κ1) is 162. The maximum absolute atomic E-state index is 0. The molecule has 0 saturated heterocycles. The standard InChI is InChI=1S/8ClH.Nb.Ru/h8*1H;;/q;;;;;;;;2*+2/p-8. The molecule has 0 aromatic heterocycles. The molecule has 0 unspecified atom stereocenters. The third-order valence-corrected chi connectivity index (χ3v) is 0. The van der Waals surface area contributed by atoms with Crippen molar-refractivity contribution in [3.63, 3.8) is 0 Å². The Labute approximate surface area is 139 Å². The molecule has 0 amide bonds. The van der Waals surface area contributed by atoms with Crippen molar-refractivity contribution in [2.45, 2.75) is 0 Å². The van der Waals surface area contributed by atoms with Crippen LogP contribution in [0.3, 0.4) is 0 Å². The van der Waals surface area contributed by atoms with Gasteiger partial charge in [-0.25, -0.2) is 0 Å². The van der Waals surface area contributed by atoms with Crippen molar-refractivity contribution >= 4 is 0 Å². The first-order valence-corrected chi connectivity index (χ1v) is 0. The molecule has 0 atom stereocenters. The van der Waals surface area contributed by atoms with Crippen LogP contribution in [0.2, 0.25) is 0 Å². The molecule has 0 spiro atoms. The molecule has 1 radical (unpaired) electrons. The van der Waals surface area contributed by atoms with Crippen molar-refractivity contribution in [3.8, 4) is 0 Å². The van der Waals surface area contributed by atoms with E-state index in [4.69, 9.17) is 0 Å². The Hall–Kier alpha value is 3.68. The summed E-state index contributed by atoms with van der Waals surface area (Å²) in [6, 6.07) is 0. The Morgan fingerprint density at radius 2 is 0.300 bits per heavy atom. The zero-order chi connectivity index (χ0) is 0. The van der Waals surface area contributed by atoms with Gasteiger partial charge in [0.15, 0.2) is 0 Å². The SMILES string of the molecule is [Cl-].[Cl-].[Cl-].[Cl-].[Cl-].[Cl-].[Cl-].[Cl-].[Nb+2].[Ru+2]. The molecule has 0 aliphatic carbocycles. The minimum atomic E-state index is 0. The van der Waals surface area contributed by atoms with Crippen molar-refractivity contribution in [2.24, 2.45) is 0 Å². The monoisotopic (exact) mass is 475 g/mol. The van der Waals surface area contributed by atoms with Gasteiger partial charge in [0.25, 0.3) is 0 Å². The van der Waals surface area contributed by atoms with E-state index < -0.39 is 0 Å².